The van der Waals surface area contributed by atoms with Crippen molar-refractivity contribution in [2.24, 2.45) is 0 Å². The summed E-state index contributed by atoms with van der Waals surface area (Å²) in [5.41, 5.74) is 1.56. The summed E-state index contributed by atoms with van der Waals surface area (Å²) in [6.07, 6.45) is 0. The topological polar surface area (TPSA) is 104 Å². The Morgan fingerprint density at radius 1 is 0.964 bits per heavy atom. The molecule has 9 heteroatoms. The fourth-order valence-electron chi connectivity index (χ4n) is 2.45. The molecule has 2 aromatic rings. The average molecular weight is 424 g/mol. The van der Waals surface area contributed by atoms with E-state index in [1.165, 1.54) is 18.3 Å². The van der Waals surface area contributed by atoms with Crippen molar-refractivity contribution in [3.63, 3.8) is 0 Å². The van der Waals surface area contributed by atoms with Gasteiger partial charge in [0.15, 0.2) is 0 Å². The van der Waals surface area contributed by atoms with E-state index in [2.05, 4.69) is 15.4 Å². The summed E-state index contributed by atoms with van der Waals surface area (Å²) in [5.74, 6) is -0.383. The molecule has 0 spiro atoms. The molecule has 1 aromatic heterocycles. The second-order valence-electron chi connectivity index (χ2n) is 6.71. The number of rotatable bonds is 9. The quantitative estimate of drug-likeness (QED) is 0.575. The van der Waals surface area contributed by atoms with Crippen molar-refractivity contribution in [1.29, 1.82) is 0 Å². The number of hydrogen-bond donors (Lipinski definition) is 3. The van der Waals surface area contributed by atoms with Gasteiger partial charge in [-0.2, -0.15) is 0 Å². The molecule has 0 saturated heterocycles. The minimum absolute atomic E-state index is 0.0793. The van der Waals surface area contributed by atoms with Crippen molar-refractivity contribution in [3.05, 3.63) is 57.3 Å². The molecule has 152 valence electrons. The van der Waals surface area contributed by atoms with Crippen LogP contribution in [0.15, 0.2) is 36.4 Å². The normalized spacial score (nSPS) is 11.4. The van der Waals surface area contributed by atoms with Crippen molar-refractivity contribution >= 4 is 33.2 Å². The number of carbonyl (C=O) groups excluding carboxylic acids is 2. The maximum absolute atomic E-state index is 12.3. The lowest BCUT2D eigenvalue weighted by Crippen LogP contribution is -2.31. The van der Waals surface area contributed by atoms with Crippen LogP contribution in [0.4, 0.5) is 0 Å². The molecule has 0 atom stereocenters. The van der Waals surface area contributed by atoms with Gasteiger partial charge in [-0.1, -0.05) is 24.3 Å². The Bertz CT molecular complexity index is 919. The summed E-state index contributed by atoms with van der Waals surface area (Å²) >= 11 is 1.33. The molecule has 0 aliphatic heterocycles. The Labute approximate surface area is 169 Å². The van der Waals surface area contributed by atoms with Crippen molar-refractivity contribution in [1.82, 2.24) is 15.4 Å². The van der Waals surface area contributed by atoms with E-state index >= 15 is 0 Å². The molecule has 1 aromatic carbocycles. The van der Waals surface area contributed by atoms with E-state index in [0.717, 1.165) is 10.4 Å². The molecule has 2 amide bonds. The number of amides is 2. The minimum atomic E-state index is -3.36. The lowest BCUT2D eigenvalue weighted by Gasteiger charge is -2.10. The van der Waals surface area contributed by atoms with Crippen molar-refractivity contribution in [3.8, 4) is 0 Å². The van der Waals surface area contributed by atoms with Gasteiger partial charge < -0.3 is 10.6 Å². The molecule has 0 radical (unpaired) electrons. The van der Waals surface area contributed by atoms with Crippen LogP contribution in [0.2, 0.25) is 0 Å². The third-order valence-electron chi connectivity index (χ3n) is 3.64. The first-order valence-electron chi connectivity index (χ1n) is 8.84. The number of nitrogens with one attached hydrogen (secondary N) is 3. The SMILES string of the molecule is CC(=O)NCc1ccc(C(=O)NCc2ccc(CS(=O)(=O)NC(C)C)cc2)s1. The monoisotopic (exact) mass is 423 g/mol. The van der Waals surface area contributed by atoms with Gasteiger partial charge in [0.25, 0.3) is 5.91 Å². The van der Waals surface area contributed by atoms with Crippen LogP contribution in [0.1, 0.15) is 46.4 Å². The van der Waals surface area contributed by atoms with E-state index in [-0.39, 0.29) is 23.6 Å². The molecule has 0 unspecified atom stereocenters. The van der Waals surface area contributed by atoms with Gasteiger partial charge in [-0.25, -0.2) is 13.1 Å². The molecular weight excluding hydrogens is 398 g/mol. The second kappa shape index (κ2) is 9.81. The van der Waals surface area contributed by atoms with E-state index in [0.29, 0.717) is 23.5 Å². The molecule has 28 heavy (non-hydrogen) atoms. The summed E-state index contributed by atoms with van der Waals surface area (Å²) in [5, 5.41) is 5.54. The third kappa shape index (κ3) is 7.41. The van der Waals surface area contributed by atoms with Gasteiger partial charge in [-0.05, 0) is 37.1 Å². The molecule has 7 nitrogen and oxygen atoms in total. The molecule has 0 fully saturated rings. The smallest absolute Gasteiger partial charge is 0.261 e. The van der Waals surface area contributed by atoms with Crippen LogP contribution in [0.5, 0.6) is 0 Å². The van der Waals surface area contributed by atoms with Crippen LogP contribution in [0.3, 0.4) is 0 Å². The number of benzene rings is 1. The second-order valence-corrected chi connectivity index (χ2v) is 9.63. The third-order valence-corrected chi connectivity index (χ3v) is 6.27. The zero-order valence-electron chi connectivity index (χ0n) is 16.1. The Kier molecular flexibility index (Phi) is 7.73. The number of hydrogen-bond acceptors (Lipinski definition) is 5. The zero-order valence-corrected chi connectivity index (χ0v) is 17.7. The average Bonchev–Trinajstić information content (AvgIpc) is 3.06. The number of sulfonamides is 1. The Balaban J connectivity index is 1.87. The van der Waals surface area contributed by atoms with E-state index in [1.54, 1.807) is 44.2 Å². The van der Waals surface area contributed by atoms with Crippen LogP contribution < -0.4 is 15.4 Å². The predicted octanol–water partition coefficient (Wildman–Crippen LogP) is 2.14. The summed E-state index contributed by atoms with van der Waals surface area (Å²) in [6, 6.07) is 10.5. The maximum atomic E-state index is 12.3. The molecule has 0 saturated carbocycles. The first-order chi connectivity index (χ1) is 13.1. The highest BCUT2D eigenvalue weighted by Gasteiger charge is 2.13. The van der Waals surface area contributed by atoms with E-state index < -0.39 is 10.0 Å². The molecule has 0 aliphatic carbocycles. The number of thiophene rings is 1. The number of carbonyl (C=O) groups is 2. The Hall–Kier alpha value is -2.23. The van der Waals surface area contributed by atoms with Crippen molar-refractivity contribution < 1.29 is 18.0 Å². The zero-order chi connectivity index (χ0) is 20.7. The largest absolute Gasteiger partial charge is 0.351 e. The van der Waals surface area contributed by atoms with Gasteiger partial charge in [-0.15, -0.1) is 11.3 Å². The fraction of sp³-hybridized carbons (Fsp3) is 0.368. The first-order valence-corrected chi connectivity index (χ1v) is 11.3. The van der Waals surface area contributed by atoms with Gasteiger partial charge in [0.1, 0.15) is 0 Å². The molecule has 0 aliphatic rings. The van der Waals surface area contributed by atoms with Gasteiger partial charge in [0.2, 0.25) is 15.9 Å². The van der Waals surface area contributed by atoms with Crippen LogP contribution in [0.25, 0.3) is 0 Å². The maximum Gasteiger partial charge on any atom is 0.261 e. The molecular formula is C19H25N3O4S2. The van der Waals surface area contributed by atoms with Crippen molar-refractivity contribution in [2.45, 2.75) is 45.7 Å². The van der Waals surface area contributed by atoms with Gasteiger partial charge in [0, 0.05) is 24.4 Å². The van der Waals surface area contributed by atoms with Gasteiger partial charge >= 0.3 is 0 Å². The van der Waals surface area contributed by atoms with E-state index in [4.69, 9.17) is 0 Å². The first kappa shape index (κ1) is 22.1. The lowest BCUT2D eigenvalue weighted by atomic mass is 10.1. The standard InChI is InChI=1S/C19H25N3O4S2/c1-13(2)22-28(25,26)12-16-6-4-15(5-7-16)10-21-19(24)18-9-8-17(27-18)11-20-14(3)23/h4-9,13,22H,10-12H2,1-3H3,(H,20,23)(H,21,24). The van der Waals surface area contributed by atoms with E-state index in [1.807, 2.05) is 6.07 Å². The molecule has 0 bridgehead atoms. The highest BCUT2D eigenvalue weighted by atomic mass is 32.2. The summed E-state index contributed by atoms with van der Waals surface area (Å²) in [4.78, 5) is 24.7. The Morgan fingerprint density at radius 3 is 2.21 bits per heavy atom. The summed E-state index contributed by atoms with van der Waals surface area (Å²) in [7, 11) is -3.36. The van der Waals surface area contributed by atoms with Crippen LogP contribution in [-0.2, 0) is 33.7 Å². The lowest BCUT2D eigenvalue weighted by molar-refractivity contribution is -0.119. The van der Waals surface area contributed by atoms with Crippen LogP contribution in [-0.4, -0.2) is 26.3 Å². The van der Waals surface area contributed by atoms with Crippen LogP contribution >= 0.6 is 11.3 Å². The van der Waals surface area contributed by atoms with Gasteiger partial charge in [-0.3, -0.25) is 9.59 Å². The van der Waals surface area contributed by atoms with Gasteiger partial charge in [0.05, 0.1) is 17.2 Å². The molecule has 3 N–H and O–H groups in total. The minimum Gasteiger partial charge on any atom is -0.351 e. The summed E-state index contributed by atoms with van der Waals surface area (Å²) < 4.78 is 26.5. The highest BCUT2D eigenvalue weighted by molar-refractivity contribution is 7.88. The van der Waals surface area contributed by atoms with Crippen molar-refractivity contribution in [2.75, 3.05) is 0 Å². The summed E-state index contributed by atoms with van der Waals surface area (Å²) in [6.45, 7) is 5.75. The van der Waals surface area contributed by atoms with Crippen LogP contribution in [0, 0.1) is 0 Å². The molecule has 2 rings (SSSR count). The predicted molar refractivity (Wildman–Crippen MR) is 110 cm³/mol. The fourth-order valence-corrected chi connectivity index (χ4v) is 4.75. The Morgan fingerprint density at radius 2 is 1.61 bits per heavy atom. The highest BCUT2D eigenvalue weighted by Crippen LogP contribution is 2.16. The van der Waals surface area contributed by atoms with E-state index in [9.17, 15) is 18.0 Å². The molecule has 1 heterocycles.